The van der Waals surface area contributed by atoms with E-state index in [0.29, 0.717) is 11.6 Å². The normalized spacial score (nSPS) is 10.7. The van der Waals surface area contributed by atoms with Crippen molar-refractivity contribution in [2.45, 2.75) is 27.0 Å². The number of ether oxygens (including phenoxy) is 1. The van der Waals surface area contributed by atoms with E-state index in [9.17, 15) is 0 Å². The van der Waals surface area contributed by atoms with Crippen LogP contribution in [-0.2, 0) is 13.2 Å². The molecular weight excluding hydrogens is 310 g/mol. The van der Waals surface area contributed by atoms with Crippen LogP contribution in [0.3, 0.4) is 0 Å². The zero-order valence-electron chi connectivity index (χ0n) is 13.0. The van der Waals surface area contributed by atoms with E-state index in [2.05, 4.69) is 11.1 Å². The van der Waals surface area contributed by atoms with Crippen LogP contribution in [0.2, 0.25) is 5.02 Å². The van der Waals surface area contributed by atoms with Gasteiger partial charge in [-0.25, -0.2) is 0 Å². The number of rotatable bonds is 4. The second-order valence-electron chi connectivity index (χ2n) is 5.38. The van der Waals surface area contributed by atoms with Gasteiger partial charge in [-0.1, -0.05) is 23.7 Å². The Labute approximate surface area is 139 Å². The maximum Gasteiger partial charge on any atom is 0.147 e. The molecule has 3 aromatic rings. The highest BCUT2D eigenvalue weighted by Crippen LogP contribution is 2.31. The summed E-state index contributed by atoms with van der Waals surface area (Å²) in [5, 5.41) is 9.80. The third kappa shape index (κ3) is 2.88. The molecule has 0 aliphatic rings. The first-order chi connectivity index (χ1) is 11.1. The summed E-state index contributed by atoms with van der Waals surface area (Å²) in [7, 11) is 0. The number of aromatic nitrogens is 2. The minimum absolute atomic E-state index is 0.277. The number of nitrogens with zero attached hydrogens (tertiary/aromatic N) is 3. The predicted molar refractivity (Wildman–Crippen MR) is 90.6 cm³/mol. The van der Waals surface area contributed by atoms with Crippen molar-refractivity contribution >= 4 is 22.6 Å². The Morgan fingerprint density at radius 3 is 2.65 bits per heavy atom. The Balaban J connectivity index is 1.99. The molecule has 2 aromatic heterocycles. The van der Waals surface area contributed by atoms with Gasteiger partial charge in [0.05, 0.1) is 11.6 Å². The zero-order chi connectivity index (χ0) is 16.4. The number of nitriles is 1. The van der Waals surface area contributed by atoms with Crippen molar-refractivity contribution in [1.82, 2.24) is 9.55 Å². The molecule has 0 radical (unpaired) electrons. The van der Waals surface area contributed by atoms with Gasteiger partial charge in [0.15, 0.2) is 0 Å². The van der Waals surface area contributed by atoms with Crippen LogP contribution in [0.25, 0.3) is 11.0 Å². The standard InChI is InChI=1S/C18H16ClN3O/c1-12-13(2)22(10-8-20)18-16(7-9-21-17(12)18)23-11-14-3-5-15(19)6-4-14/h3-7,9H,10-11H2,1-2H3. The molecule has 2 heterocycles. The van der Waals surface area contributed by atoms with Crippen LogP contribution in [0.4, 0.5) is 0 Å². The number of halogens is 1. The van der Waals surface area contributed by atoms with Gasteiger partial charge in [0.25, 0.3) is 0 Å². The molecule has 116 valence electrons. The van der Waals surface area contributed by atoms with Gasteiger partial charge in [-0.2, -0.15) is 5.26 Å². The number of benzene rings is 1. The summed E-state index contributed by atoms with van der Waals surface area (Å²) >= 11 is 5.90. The van der Waals surface area contributed by atoms with Gasteiger partial charge in [-0.15, -0.1) is 0 Å². The van der Waals surface area contributed by atoms with Gasteiger partial charge in [-0.05, 0) is 37.1 Å². The van der Waals surface area contributed by atoms with E-state index >= 15 is 0 Å². The number of hydrogen-bond acceptors (Lipinski definition) is 3. The van der Waals surface area contributed by atoms with Crippen LogP contribution < -0.4 is 4.74 Å². The average Bonchev–Trinajstić information content (AvgIpc) is 2.80. The number of hydrogen-bond donors (Lipinski definition) is 0. The summed E-state index contributed by atoms with van der Waals surface area (Å²) < 4.78 is 7.94. The highest BCUT2D eigenvalue weighted by molar-refractivity contribution is 6.30. The lowest BCUT2D eigenvalue weighted by Crippen LogP contribution is -2.02. The van der Waals surface area contributed by atoms with Gasteiger partial charge in [0.2, 0.25) is 0 Å². The highest BCUT2D eigenvalue weighted by atomic mass is 35.5. The van der Waals surface area contributed by atoms with Gasteiger partial charge < -0.3 is 9.30 Å². The van der Waals surface area contributed by atoms with Gasteiger partial charge >= 0.3 is 0 Å². The van der Waals surface area contributed by atoms with Crippen LogP contribution in [0, 0.1) is 25.2 Å². The average molecular weight is 326 g/mol. The molecule has 0 aliphatic carbocycles. The quantitative estimate of drug-likeness (QED) is 0.714. The lowest BCUT2D eigenvalue weighted by atomic mass is 10.2. The smallest absolute Gasteiger partial charge is 0.147 e. The van der Waals surface area contributed by atoms with E-state index in [0.717, 1.165) is 33.6 Å². The summed E-state index contributed by atoms with van der Waals surface area (Å²) in [5.41, 5.74) is 4.90. The molecule has 0 unspecified atom stereocenters. The number of aryl methyl sites for hydroxylation is 1. The summed E-state index contributed by atoms with van der Waals surface area (Å²) in [6.07, 6.45) is 1.74. The predicted octanol–water partition coefficient (Wildman–Crippen LogP) is 4.41. The molecule has 0 aliphatic heterocycles. The molecule has 0 spiro atoms. The summed E-state index contributed by atoms with van der Waals surface area (Å²) in [4.78, 5) is 4.44. The number of pyridine rings is 1. The van der Waals surface area contributed by atoms with E-state index in [4.69, 9.17) is 21.6 Å². The third-order valence-electron chi connectivity index (χ3n) is 4.00. The lowest BCUT2D eigenvalue weighted by molar-refractivity contribution is 0.308. The van der Waals surface area contributed by atoms with Gasteiger partial charge in [0.1, 0.15) is 24.4 Å². The maximum absolute atomic E-state index is 9.09. The Bertz CT molecular complexity index is 891. The van der Waals surface area contributed by atoms with E-state index in [1.165, 1.54) is 0 Å². The van der Waals surface area contributed by atoms with E-state index in [-0.39, 0.29) is 6.54 Å². The fourth-order valence-corrected chi connectivity index (χ4v) is 2.77. The molecule has 0 bridgehead atoms. The monoisotopic (exact) mass is 325 g/mol. The van der Waals surface area contributed by atoms with Crippen LogP contribution in [-0.4, -0.2) is 9.55 Å². The minimum Gasteiger partial charge on any atom is -0.487 e. The molecule has 0 fully saturated rings. The summed E-state index contributed by atoms with van der Waals surface area (Å²) in [6.45, 7) is 4.73. The molecule has 3 rings (SSSR count). The largest absolute Gasteiger partial charge is 0.487 e. The van der Waals surface area contributed by atoms with Crippen LogP contribution >= 0.6 is 11.6 Å². The van der Waals surface area contributed by atoms with Crippen molar-refractivity contribution in [2.24, 2.45) is 0 Å². The van der Waals surface area contributed by atoms with Crippen molar-refractivity contribution in [3.05, 3.63) is 58.4 Å². The molecule has 0 saturated carbocycles. The summed E-state index contributed by atoms with van der Waals surface area (Å²) in [5.74, 6) is 0.733. The van der Waals surface area contributed by atoms with Crippen molar-refractivity contribution in [1.29, 1.82) is 5.26 Å². The van der Waals surface area contributed by atoms with Gasteiger partial charge in [-0.3, -0.25) is 4.98 Å². The second kappa shape index (κ2) is 6.31. The fourth-order valence-electron chi connectivity index (χ4n) is 2.64. The first-order valence-corrected chi connectivity index (χ1v) is 7.68. The van der Waals surface area contributed by atoms with Crippen molar-refractivity contribution in [2.75, 3.05) is 0 Å². The van der Waals surface area contributed by atoms with E-state index in [1.807, 2.05) is 48.7 Å². The molecule has 1 aromatic carbocycles. The van der Waals surface area contributed by atoms with Crippen LogP contribution in [0.5, 0.6) is 5.75 Å². The van der Waals surface area contributed by atoms with E-state index < -0.39 is 0 Å². The summed E-state index contributed by atoms with van der Waals surface area (Å²) in [6, 6.07) is 11.6. The minimum atomic E-state index is 0.277. The topological polar surface area (TPSA) is 50.8 Å². The molecule has 0 atom stereocenters. The first-order valence-electron chi connectivity index (χ1n) is 7.30. The molecule has 4 nitrogen and oxygen atoms in total. The van der Waals surface area contributed by atoms with Crippen LogP contribution in [0.15, 0.2) is 36.5 Å². The highest BCUT2D eigenvalue weighted by Gasteiger charge is 2.16. The van der Waals surface area contributed by atoms with Crippen molar-refractivity contribution in [3.8, 4) is 11.8 Å². The third-order valence-corrected chi connectivity index (χ3v) is 4.25. The maximum atomic E-state index is 9.09. The Hall–Kier alpha value is -2.51. The Morgan fingerprint density at radius 1 is 1.22 bits per heavy atom. The van der Waals surface area contributed by atoms with Crippen molar-refractivity contribution in [3.63, 3.8) is 0 Å². The SMILES string of the molecule is Cc1c(C)n(CC#N)c2c(OCc3ccc(Cl)cc3)ccnc12. The Kier molecular flexibility index (Phi) is 4.22. The second-order valence-corrected chi connectivity index (χ2v) is 5.81. The molecule has 23 heavy (non-hydrogen) atoms. The molecule has 0 N–H and O–H groups in total. The number of fused-ring (bicyclic) bond motifs is 1. The Morgan fingerprint density at radius 2 is 1.96 bits per heavy atom. The van der Waals surface area contributed by atoms with E-state index in [1.54, 1.807) is 6.20 Å². The van der Waals surface area contributed by atoms with Gasteiger partial charge in [0, 0.05) is 23.0 Å². The molecule has 5 heteroatoms. The molecule has 0 amide bonds. The van der Waals surface area contributed by atoms with Crippen LogP contribution in [0.1, 0.15) is 16.8 Å². The first kappa shape index (κ1) is 15.4. The molecular formula is C18H16ClN3O. The van der Waals surface area contributed by atoms with Crippen molar-refractivity contribution < 1.29 is 4.74 Å². The lowest BCUT2D eigenvalue weighted by Gasteiger charge is -2.10. The zero-order valence-corrected chi connectivity index (χ0v) is 13.8. The molecule has 0 saturated heterocycles. The fraction of sp³-hybridized carbons (Fsp3) is 0.222.